The molecule has 0 aromatic carbocycles. The van der Waals surface area contributed by atoms with E-state index in [9.17, 15) is 4.79 Å². The third kappa shape index (κ3) is 1.81. The van der Waals surface area contributed by atoms with E-state index in [0.717, 1.165) is 5.52 Å². The number of aromatic nitrogens is 1. The standard InChI is InChI=1S/C13H15NO2/c1-13(2,3)10-6-11-5-4-9(12(15)16)7-14(11)8-10/h4-8H,1-3H3,(H,15,16). The van der Waals surface area contributed by atoms with Crippen LogP contribution in [0.4, 0.5) is 0 Å². The van der Waals surface area contributed by atoms with Gasteiger partial charge in [0.05, 0.1) is 5.56 Å². The molecule has 2 aromatic rings. The van der Waals surface area contributed by atoms with Crippen molar-refractivity contribution in [2.45, 2.75) is 26.2 Å². The number of pyridine rings is 1. The summed E-state index contributed by atoms with van der Waals surface area (Å²) in [6, 6.07) is 5.55. The topological polar surface area (TPSA) is 41.7 Å². The highest BCUT2D eigenvalue weighted by Crippen LogP contribution is 2.24. The molecule has 0 aliphatic rings. The Bertz CT molecular complexity index is 547. The molecule has 3 heteroatoms. The lowest BCUT2D eigenvalue weighted by Crippen LogP contribution is -2.09. The third-order valence-electron chi connectivity index (χ3n) is 2.70. The third-order valence-corrected chi connectivity index (χ3v) is 2.70. The van der Waals surface area contributed by atoms with Crippen molar-refractivity contribution < 1.29 is 9.90 Å². The molecule has 1 N–H and O–H groups in total. The van der Waals surface area contributed by atoms with Crippen LogP contribution in [0.3, 0.4) is 0 Å². The van der Waals surface area contributed by atoms with E-state index in [2.05, 4.69) is 26.8 Å². The second-order valence-electron chi connectivity index (χ2n) is 5.03. The van der Waals surface area contributed by atoms with Crippen molar-refractivity contribution in [1.29, 1.82) is 0 Å². The molecular formula is C13H15NO2. The summed E-state index contributed by atoms with van der Waals surface area (Å²) in [4.78, 5) is 10.8. The van der Waals surface area contributed by atoms with Crippen LogP contribution in [0.5, 0.6) is 0 Å². The fraction of sp³-hybridized carbons (Fsp3) is 0.308. The predicted octanol–water partition coefficient (Wildman–Crippen LogP) is 2.94. The van der Waals surface area contributed by atoms with Gasteiger partial charge in [-0.15, -0.1) is 0 Å². The molecule has 2 heterocycles. The molecule has 0 bridgehead atoms. The number of nitrogens with zero attached hydrogens (tertiary/aromatic N) is 1. The maximum absolute atomic E-state index is 10.8. The summed E-state index contributed by atoms with van der Waals surface area (Å²) in [5.74, 6) is -0.895. The normalized spacial score (nSPS) is 11.9. The first-order valence-electron chi connectivity index (χ1n) is 5.23. The van der Waals surface area contributed by atoms with Crippen LogP contribution in [-0.2, 0) is 5.41 Å². The van der Waals surface area contributed by atoms with E-state index in [1.54, 1.807) is 12.3 Å². The van der Waals surface area contributed by atoms with E-state index >= 15 is 0 Å². The number of hydrogen-bond donors (Lipinski definition) is 1. The maximum Gasteiger partial charge on any atom is 0.337 e. The molecule has 0 aliphatic heterocycles. The quantitative estimate of drug-likeness (QED) is 0.798. The minimum atomic E-state index is -0.895. The van der Waals surface area contributed by atoms with Crippen LogP contribution in [0.25, 0.3) is 5.52 Å². The van der Waals surface area contributed by atoms with Gasteiger partial charge in [0, 0.05) is 17.9 Å². The maximum atomic E-state index is 10.8. The van der Waals surface area contributed by atoms with E-state index in [0.29, 0.717) is 5.56 Å². The fourth-order valence-corrected chi connectivity index (χ4v) is 1.65. The largest absolute Gasteiger partial charge is 0.478 e. The summed E-state index contributed by atoms with van der Waals surface area (Å²) >= 11 is 0. The Morgan fingerprint density at radius 3 is 2.50 bits per heavy atom. The second kappa shape index (κ2) is 3.37. The zero-order valence-corrected chi connectivity index (χ0v) is 9.69. The Kier molecular flexibility index (Phi) is 2.26. The number of aromatic carboxylic acids is 1. The lowest BCUT2D eigenvalue weighted by atomic mass is 9.89. The number of hydrogen-bond acceptors (Lipinski definition) is 1. The van der Waals surface area contributed by atoms with Gasteiger partial charge in [0.1, 0.15) is 0 Å². The van der Waals surface area contributed by atoms with Gasteiger partial charge in [-0.3, -0.25) is 0 Å². The average Bonchev–Trinajstić information content (AvgIpc) is 2.58. The molecule has 0 fully saturated rings. The van der Waals surface area contributed by atoms with E-state index in [-0.39, 0.29) is 5.41 Å². The van der Waals surface area contributed by atoms with Crippen LogP contribution < -0.4 is 0 Å². The van der Waals surface area contributed by atoms with Crippen LogP contribution in [-0.4, -0.2) is 15.5 Å². The lowest BCUT2D eigenvalue weighted by Gasteiger charge is -2.15. The summed E-state index contributed by atoms with van der Waals surface area (Å²) in [5.41, 5.74) is 2.61. The molecular weight excluding hydrogens is 202 g/mol. The van der Waals surface area contributed by atoms with Crippen molar-refractivity contribution in [2.24, 2.45) is 0 Å². The van der Waals surface area contributed by atoms with Crippen molar-refractivity contribution in [3.63, 3.8) is 0 Å². The van der Waals surface area contributed by atoms with Crippen molar-refractivity contribution >= 4 is 11.5 Å². The van der Waals surface area contributed by atoms with Gasteiger partial charge in [-0.2, -0.15) is 0 Å². The smallest absolute Gasteiger partial charge is 0.337 e. The molecule has 16 heavy (non-hydrogen) atoms. The SMILES string of the molecule is CC(C)(C)c1cc2ccc(C(=O)O)cn2c1. The minimum absolute atomic E-state index is 0.0788. The lowest BCUT2D eigenvalue weighted by molar-refractivity contribution is 0.0696. The Labute approximate surface area is 94.3 Å². The van der Waals surface area contributed by atoms with Gasteiger partial charge in [-0.05, 0) is 29.2 Å². The van der Waals surface area contributed by atoms with E-state index in [1.165, 1.54) is 5.56 Å². The summed E-state index contributed by atoms with van der Waals surface area (Å²) in [6.45, 7) is 6.42. The number of rotatable bonds is 1. The molecule has 2 aromatic heterocycles. The van der Waals surface area contributed by atoms with Crippen LogP contribution in [0.1, 0.15) is 36.7 Å². The summed E-state index contributed by atoms with van der Waals surface area (Å²) in [5, 5.41) is 8.90. The van der Waals surface area contributed by atoms with E-state index in [1.807, 2.05) is 16.7 Å². The molecule has 0 radical (unpaired) electrons. The van der Waals surface area contributed by atoms with Gasteiger partial charge < -0.3 is 9.51 Å². The monoisotopic (exact) mass is 217 g/mol. The molecule has 0 amide bonds. The van der Waals surface area contributed by atoms with Gasteiger partial charge in [-0.1, -0.05) is 20.8 Å². The summed E-state index contributed by atoms with van der Waals surface area (Å²) in [6.07, 6.45) is 3.63. The van der Waals surface area contributed by atoms with Gasteiger partial charge >= 0.3 is 5.97 Å². The zero-order chi connectivity index (χ0) is 11.9. The first kappa shape index (κ1) is 10.7. The highest BCUT2D eigenvalue weighted by Gasteiger charge is 2.15. The first-order chi connectivity index (χ1) is 7.38. The van der Waals surface area contributed by atoms with Gasteiger partial charge in [0.2, 0.25) is 0 Å². The molecule has 84 valence electrons. The number of carbonyl (C=O) groups is 1. The second-order valence-corrected chi connectivity index (χ2v) is 5.03. The Balaban J connectivity index is 2.59. The van der Waals surface area contributed by atoms with Crippen LogP contribution >= 0.6 is 0 Å². The van der Waals surface area contributed by atoms with Gasteiger partial charge in [0.15, 0.2) is 0 Å². The predicted molar refractivity (Wildman–Crippen MR) is 63.1 cm³/mol. The van der Waals surface area contributed by atoms with Crippen molar-refractivity contribution in [3.8, 4) is 0 Å². The highest BCUT2D eigenvalue weighted by atomic mass is 16.4. The Morgan fingerprint density at radius 2 is 1.94 bits per heavy atom. The molecule has 0 saturated heterocycles. The van der Waals surface area contributed by atoms with Crippen molar-refractivity contribution in [3.05, 3.63) is 41.7 Å². The van der Waals surface area contributed by atoms with Crippen LogP contribution in [0.15, 0.2) is 30.6 Å². The molecule has 3 nitrogen and oxygen atoms in total. The molecule has 0 unspecified atom stereocenters. The van der Waals surface area contributed by atoms with Crippen LogP contribution in [0, 0.1) is 0 Å². The van der Waals surface area contributed by atoms with Gasteiger partial charge in [0.25, 0.3) is 0 Å². The van der Waals surface area contributed by atoms with E-state index < -0.39 is 5.97 Å². The molecule has 0 spiro atoms. The average molecular weight is 217 g/mol. The Morgan fingerprint density at radius 1 is 1.25 bits per heavy atom. The molecule has 0 atom stereocenters. The molecule has 0 saturated carbocycles. The van der Waals surface area contributed by atoms with Gasteiger partial charge in [-0.25, -0.2) is 4.79 Å². The highest BCUT2D eigenvalue weighted by molar-refractivity contribution is 5.87. The first-order valence-corrected chi connectivity index (χ1v) is 5.23. The molecule has 2 rings (SSSR count). The summed E-state index contributed by atoms with van der Waals surface area (Å²) in [7, 11) is 0. The minimum Gasteiger partial charge on any atom is -0.478 e. The number of carboxylic acid groups (broad SMARTS) is 1. The zero-order valence-electron chi connectivity index (χ0n) is 9.69. The molecule has 0 aliphatic carbocycles. The Hall–Kier alpha value is -1.77. The van der Waals surface area contributed by atoms with Crippen molar-refractivity contribution in [1.82, 2.24) is 4.40 Å². The number of carboxylic acids is 1. The fourth-order valence-electron chi connectivity index (χ4n) is 1.65. The van der Waals surface area contributed by atoms with E-state index in [4.69, 9.17) is 5.11 Å². The number of fused-ring (bicyclic) bond motifs is 1. The van der Waals surface area contributed by atoms with Crippen molar-refractivity contribution in [2.75, 3.05) is 0 Å². The van der Waals surface area contributed by atoms with Crippen LogP contribution in [0.2, 0.25) is 0 Å². The summed E-state index contributed by atoms with van der Waals surface area (Å²) < 4.78 is 1.87.